The summed E-state index contributed by atoms with van der Waals surface area (Å²) in [7, 11) is 0. The van der Waals surface area contributed by atoms with Crippen LogP contribution < -0.4 is 5.32 Å². The van der Waals surface area contributed by atoms with E-state index in [0.29, 0.717) is 23.9 Å². The minimum absolute atomic E-state index is 0.333. The molecule has 0 spiro atoms. The van der Waals surface area contributed by atoms with E-state index in [1.165, 1.54) is 17.7 Å². The van der Waals surface area contributed by atoms with Crippen LogP contribution in [0, 0.1) is 17.6 Å². The number of halogens is 2. The second kappa shape index (κ2) is 7.32. The first-order chi connectivity index (χ1) is 10.1. The highest BCUT2D eigenvalue weighted by Crippen LogP contribution is 2.23. The molecule has 1 unspecified atom stereocenters. The van der Waals surface area contributed by atoms with Crippen molar-refractivity contribution in [3.63, 3.8) is 0 Å². The molecule has 0 saturated heterocycles. The van der Waals surface area contributed by atoms with E-state index in [0.717, 1.165) is 12.6 Å². The van der Waals surface area contributed by atoms with Crippen molar-refractivity contribution in [1.82, 2.24) is 5.32 Å². The zero-order valence-corrected chi connectivity index (χ0v) is 12.4. The fourth-order valence-electron chi connectivity index (χ4n) is 2.48. The standard InChI is InChI=1S/C18H21F2N/c1-13(2)17(14-6-4-3-5-7-14)12-21-11-15-10-16(19)8-9-18(15)20/h3-10,13,17,21H,11-12H2,1-2H3. The van der Waals surface area contributed by atoms with Crippen molar-refractivity contribution in [3.05, 3.63) is 71.3 Å². The molecule has 0 aliphatic rings. The van der Waals surface area contributed by atoms with Gasteiger partial charge in [-0.1, -0.05) is 44.2 Å². The molecule has 0 aliphatic carbocycles. The molecular formula is C18H21F2N. The molecule has 112 valence electrons. The van der Waals surface area contributed by atoms with E-state index in [9.17, 15) is 8.78 Å². The summed E-state index contributed by atoms with van der Waals surface area (Å²) in [5.74, 6) is 0.0430. The van der Waals surface area contributed by atoms with E-state index < -0.39 is 5.82 Å². The average Bonchev–Trinajstić information content (AvgIpc) is 2.47. The smallest absolute Gasteiger partial charge is 0.127 e. The molecule has 0 fully saturated rings. The third kappa shape index (κ3) is 4.36. The van der Waals surface area contributed by atoms with Gasteiger partial charge in [-0.3, -0.25) is 0 Å². The summed E-state index contributed by atoms with van der Waals surface area (Å²) in [6, 6.07) is 13.8. The molecule has 0 aliphatic heterocycles. The molecule has 0 bridgehead atoms. The van der Waals surface area contributed by atoms with Crippen molar-refractivity contribution >= 4 is 0 Å². The molecule has 0 heterocycles. The van der Waals surface area contributed by atoms with Crippen LogP contribution in [-0.2, 0) is 6.54 Å². The molecule has 2 rings (SSSR count). The Kier molecular flexibility index (Phi) is 5.45. The van der Waals surface area contributed by atoms with Crippen LogP contribution in [-0.4, -0.2) is 6.54 Å². The van der Waals surface area contributed by atoms with Gasteiger partial charge in [0, 0.05) is 18.7 Å². The summed E-state index contributed by atoms with van der Waals surface area (Å²) < 4.78 is 26.7. The van der Waals surface area contributed by atoms with E-state index in [2.05, 4.69) is 31.3 Å². The first-order valence-corrected chi connectivity index (χ1v) is 7.27. The maximum Gasteiger partial charge on any atom is 0.127 e. The Labute approximate surface area is 125 Å². The number of benzene rings is 2. The Bertz CT molecular complexity index is 567. The van der Waals surface area contributed by atoms with Crippen LogP contribution in [0.1, 0.15) is 30.9 Å². The highest BCUT2D eigenvalue weighted by Gasteiger charge is 2.15. The second-order valence-corrected chi connectivity index (χ2v) is 5.63. The summed E-state index contributed by atoms with van der Waals surface area (Å²) >= 11 is 0. The Morgan fingerprint density at radius 3 is 2.38 bits per heavy atom. The minimum atomic E-state index is -0.406. The van der Waals surface area contributed by atoms with Gasteiger partial charge in [0.1, 0.15) is 11.6 Å². The zero-order valence-electron chi connectivity index (χ0n) is 12.4. The van der Waals surface area contributed by atoms with Crippen LogP contribution in [0.5, 0.6) is 0 Å². The van der Waals surface area contributed by atoms with Crippen LogP contribution >= 0.6 is 0 Å². The molecule has 1 N–H and O–H groups in total. The number of nitrogens with one attached hydrogen (secondary N) is 1. The zero-order chi connectivity index (χ0) is 15.2. The quantitative estimate of drug-likeness (QED) is 0.826. The highest BCUT2D eigenvalue weighted by molar-refractivity contribution is 5.21. The lowest BCUT2D eigenvalue weighted by Crippen LogP contribution is -2.24. The molecule has 1 atom stereocenters. The Morgan fingerprint density at radius 2 is 1.71 bits per heavy atom. The monoisotopic (exact) mass is 289 g/mol. The van der Waals surface area contributed by atoms with Crippen molar-refractivity contribution in [3.8, 4) is 0 Å². The van der Waals surface area contributed by atoms with Crippen molar-refractivity contribution in [2.75, 3.05) is 6.54 Å². The van der Waals surface area contributed by atoms with Crippen molar-refractivity contribution in [2.24, 2.45) is 5.92 Å². The van der Waals surface area contributed by atoms with E-state index in [1.807, 2.05) is 18.2 Å². The lowest BCUT2D eigenvalue weighted by Gasteiger charge is -2.22. The van der Waals surface area contributed by atoms with Crippen molar-refractivity contribution in [2.45, 2.75) is 26.3 Å². The first-order valence-electron chi connectivity index (χ1n) is 7.27. The molecule has 0 amide bonds. The van der Waals surface area contributed by atoms with Crippen LogP contribution in [0.25, 0.3) is 0 Å². The van der Waals surface area contributed by atoms with E-state index in [4.69, 9.17) is 0 Å². The molecular weight excluding hydrogens is 268 g/mol. The average molecular weight is 289 g/mol. The van der Waals surface area contributed by atoms with Gasteiger partial charge in [-0.2, -0.15) is 0 Å². The van der Waals surface area contributed by atoms with Gasteiger partial charge in [-0.25, -0.2) is 8.78 Å². The van der Waals surface area contributed by atoms with Gasteiger partial charge in [-0.15, -0.1) is 0 Å². The first kappa shape index (κ1) is 15.6. The minimum Gasteiger partial charge on any atom is -0.312 e. The topological polar surface area (TPSA) is 12.0 Å². The lowest BCUT2D eigenvalue weighted by atomic mass is 9.88. The normalized spacial score (nSPS) is 12.6. The number of hydrogen-bond acceptors (Lipinski definition) is 1. The van der Waals surface area contributed by atoms with Gasteiger partial charge >= 0.3 is 0 Å². The maximum atomic E-state index is 13.6. The number of rotatable bonds is 6. The Morgan fingerprint density at radius 1 is 1.00 bits per heavy atom. The molecule has 2 aromatic rings. The summed E-state index contributed by atoms with van der Waals surface area (Å²) in [4.78, 5) is 0. The van der Waals surface area contributed by atoms with Gasteiger partial charge in [0.25, 0.3) is 0 Å². The molecule has 1 nitrogen and oxygen atoms in total. The lowest BCUT2D eigenvalue weighted by molar-refractivity contribution is 0.457. The van der Waals surface area contributed by atoms with Crippen LogP contribution in [0.2, 0.25) is 0 Å². The molecule has 3 heteroatoms. The van der Waals surface area contributed by atoms with Crippen LogP contribution in [0.4, 0.5) is 8.78 Å². The van der Waals surface area contributed by atoms with E-state index in [1.54, 1.807) is 0 Å². The fraction of sp³-hybridized carbons (Fsp3) is 0.333. The fourth-order valence-corrected chi connectivity index (χ4v) is 2.48. The van der Waals surface area contributed by atoms with Crippen LogP contribution in [0.15, 0.2) is 48.5 Å². The Balaban J connectivity index is 1.98. The van der Waals surface area contributed by atoms with Crippen molar-refractivity contribution < 1.29 is 8.78 Å². The van der Waals surface area contributed by atoms with Gasteiger partial charge in [-0.05, 0) is 35.6 Å². The third-order valence-corrected chi connectivity index (χ3v) is 3.72. The summed E-state index contributed by atoms with van der Waals surface area (Å²) in [5.41, 5.74) is 1.63. The predicted molar refractivity (Wildman–Crippen MR) is 82.1 cm³/mol. The van der Waals surface area contributed by atoms with Crippen molar-refractivity contribution in [1.29, 1.82) is 0 Å². The summed E-state index contributed by atoms with van der Waals surface area (Å²) in [5, 5.41) is 3.24. The summed E-state index contributed by atoms with van der Waals surface area (Å²) in [6.45, 7) is 5.40. The van der Waals surface area contributed by atoms with E-state index >= 15 is 0 Å². The van der Waals surface area contributed by atoms with Gasteiger partial charge in [0.05, 0.1) is 0 Å². The highest BCUT2D eigenvalue weighted by atomic mass is 19.1. The third-order valence-electron chi connectivity index (χ3n) is 3.72. The molecule has 2 aromatic carbocycles. The summed E-state index contributed by atoms with van der Waals surface area (Å²) in [6.07, 6.45) is 0. The molecule has 0 saturated carbocycles. The molecule has 0 aromatic heterocycles. The largest absolute Gasteiger partial charge is 0.312 e. The van der Waals surface area contributed by atoms with Gasteiger partial charge in [0.15, 0.2) is 0 Å². The second-order valence-electron chi connectivity index (χ2n) is 5.63. The van der Waals surface area contributed by atoms with Crippen LogP contribution in [0.3, 0.4) is 0 Å². The van der Waals surface area contributed by atoms with E-state index in [-0.39, 0.29) is 5.82 Å². The van der Waals surface area contributed by atoms with Gasteiger partial charge in [0.2, 0.25) is 0 Å². The SMILES string of the molecule is CC(C)C(CNCc1cc(F)ccc1F)c1ccccc1. The molecule has 0 radical (unpaired) electrons. The maximum absolute atomic E-state index is 13.6. The molecule has 21 heavy (non-hydrogen) atoms. The Hall–Kier alpha value is -1.74. The predicted octanol–water partition coefficient (Wildman–Crippen LogP) is 4.49. The number of hydrogen-bond donors (Lipinski definition) is 1. The van der Waals surface area contributed by atoms with Gasteiger partial charge < -0.3 is 5.32 Å².